The summed E-state index contributed by atoms with van der Waals surface area (Å²) in [4.78, 5) is 2.23. The molecular weight excluding hydrogens is 287 g/mol. The molecule has 1 aliphatic rings. The summed E-state index contributed by atoms with van der Waals surface area (Å²) < 4.78 is 19.6. The van der Waals surface area contributed by atoms with E-state index in [4.69, 9.17) is 4.74 Å². The fraction of sp³-hybridized carbons (Fsp3) is 0.500. The summed E-state index contributed by atoms with van der Waals surface area (Å²) in [5, 5.41) is 3.21. The molecular formula is C12H16BrFN2O. The quantitative estimate of drug-likeness (QED) is 0.927. The van der Waals surface area contributed by atoms with Crippen LogP contribution in [-0.4, -0.2) is 44.3 Å². The van der Waals surface area contributed by atoms with E-state index in [0.29, 0.717) is 6.54 Å². The first-order chi connectivity index (χ1) is 8.15. The molecule has 94 valence electrons. The van der Waals surface area contributed by atoms with Crippen molar-refractivity contribution in [3.63, 3.8) is 0 Å². The van der Waals surface area contributed by atoms with Crippen LogP contribution in [0.25, 0.3) is 0 Å². The average Bonchev–Trinajstić information content (AvgIpc) is 2.30. The number of rotatable bonds is 3. The monoisotopic (exact) mass is 302 g/mol. The number of benzene rings is 1. The van der Waals surface area contributed by atoms with Gasteiger partial charge < -0.3 is 15.0 Å². The van der Waals surface area contributed by atoms with Gasteiger partial charge in [-0.25, -0.2) is 4.39 Å². The van der Waals surface area contributed by atoms with E-state index < -0.39 is 0 Å². The number of hydrogen-bond donors (Lipinski definition) is 1. The molecule has 0 bridgehead atoms. The highest BCUT2D eigenvalue weighted by atomic mass is 79.9. The Bertz CT molecular complexity index is 389. The van der Waals surface area contributed by atoms with E-state index in [1.165, 1.54) is 12.1 Å². The van der Waals surface area contributed by atoms with Crippen molar-refractivity contribution in [3.8, 4) is 0 Å². The zero-order chi connectivity index (χ0) is 12.3. The number of halogens is 2. The standard InChI is InChI=1S/C12H16BrFN2O/c1-16-4-5-17-10(8-16)7-15-12-6-9(14)2-3-11(12)13/h2-3,6,10,15H,4-5,7-8H2,1H3. The molecule has 1 saturated heterocycles. The predicted octanol–water partition coefficient (Wildman–Crippen LogP) is 2.33. The van der Waals surface area contributed by atoms with E-state index >= 15 is 0 Å². The Hall–Kier alpha value is -0.650. The van der Waals surface area contributed by atoms with E-state index in [1.54, 1.807) is 6.07 Å². The molecule has 0 radical (unpaired) electrons. The van der Waals surface area contributed by atoms with Crippen LogP contribution < -0.4 is 5.32 Å². The van der Waals surface area contributed by atoms with Gasteiger partial charge in [0, 0.05) is 24.1 Å². The molecule has 17 heavy (non-hydrogen) atoms. The van der Waals surface area contributed by atoms with E-state index in [-0.39, 0.29) is 11.9 Å². The lowest BCUT2D eigenvalue weighted by atomic mass is 10.2. The maximum absolute atomic E-state index is 13.1. The maximum Gasteiger partial charge on any atom is 0.125 e. The van der Waals surface area contributed by atoms with Crippen LogP contribution in [-0.2, 0) is 4.74 Å². The predicted molar refractivity (Wildman–Crippen MR) is 69.8 cm³/mol. The first-order valence-corrected chi connectivity index (χ1v) is 6.43. The Morgan fingerprint density at radius 2 is 2.41 bits per heavy atom. The molecule has 1 N–H and O–H groups in total. The number of nitrogens with one attached hydrogen (secondary N) is 1. The molecule has 1 aliphatic heterocycles. The fourth-order valence-electron chi connectivity index (χ4n) is 1.85. The lowest BCUT2D eigenvalue weighted by Gasteiger charge is -2.30. The molecule has 1 heterocycles. The van der Waals surface area contributed by atoms with Crippen LogP contribution in [0.3, 0.4) is 0 Å². The van der Waals surface area contributed by atoms with Gasteiger partial charge in [0.2, 0.25) is 0 Å². The van der Waals surface area contributed by atoms with E-state index in [0.717, 1.165) is 29.9 Å². The summed E-state index contributed by atoms with van der Waals surface area (Å²) in [5.41, 5.74) is 0.766. The molecule has 1 unspecified atom stereocenters. The SMILES string of the molecule is CN1CCOC(CNc2cc(F)ccc2Br)C1. The molecule has 1 aromatic rings. The van der Waals surface area contributed by atoms with Crippen LogP contribution in [0.15, 0.2) is 22.7 Å². The second-order valence-electron chi connectivity index (χ2n) is 4.26. The number of morpholine rings is 1. The molecule has 1 aromatic carbocycles. The van der Waals surface area contributed by atoms with E-state index in [1.807, 2.05) is 0 Å². The van der Waals surface area contributed by atoms with E-state index in [2.05, 4.69) is 33.2 Å². The highest BCUT2D eigenvalue weighted by Crippen LogP contribution is 2.23. The van der Waals surface area contributed by atoms with Crippen LogP contribution in [0.1, 0.15) is 0 Å². The van der Waals surface area contributed by atoms with Crippen LogP contribution in [0.5, 0.6) is 0 Å². The molecule has 0 saturated carbocycles. The summed E-state index contributed by atoms with van der Waals surface area (Å²) in [7, 11) is 2.08. The minimum atomic E-state index is -0.239. The molecule has 0 aliphatic carbocycles. The summed E-state index contributed by atoms with van der Waals surface area (Å²) in [6, 6.07) is 4.61. The van der Waals surface area contributed by atoms with Crippen LogP contribution in [0, 0.1) is 5.82 Å². The Kier molecular flexibility index (Phi) is 4.36. The van der Waals surface area contributed by atoms with Crippen molar-refractivity contribution in [2.45, 2.75) is 6.10 Å². The van der Waals surface area contributed by atoms with Gasteiger partial charge in [-0.1, -0.05) is 0 Å². The second kappa shape index (κ2) is 5.80. The van der Waals surface area contributed by atoms with Crippen LogP contribution in [0.4, 0.5) is 10.1 Å². The lowest BCUT2D eigenvalue weighted by molar-refractivity contribution is -0.0117. The smallest absolute Gasteiger partial charge is 0.125 e. The molecule has 5 heteroatoms. The third-order valence-electron chi connectivity index (χ3n) is 2.79. The van der Waals surface area contributed by atoms with Gasteiger partial charge in [-0.3, -0.25) is 0 Å². The second-order valence-corrected chi connectivity index (χ2v) is 5.11. The Labute approximate surface area is 109 Å². The fourth-order valence-corrected chi connectivity index (χ4v) is 2.23. The van der Waals surface area contributed by atoms with Crippen LogP contribution >= 0.6 is 15.9 Å². The minimum absolute atomic E-state index is 0.156. The van der Waals surface area contributed by atoms with E-state index in [9.17, 15) is 4.39 Å². The number of hydrogen-bond acceptors (Lipinski definition) is 3. The molecule has 3 nitrogen and oxygen atoms in total. The van der Waals surface area contributed by atoms with Gasteiger partial charge in [-0.15, -0.1) is 0 Å². The van der Waals surface area contributed by atoms with Crippen molar-refractivity contribution < 1.29 is 9.13 Å². The maximum atomic E-state index is 13.1. The van der Waals surface area contributed by atoms with Crippen LogP contribution in [0.2, 0.25) is 0 Å². The van der Waals surface area contributed by atoms with Gasteiger partial charge in [0.1, 0.15) is 5.82 Å². The average molecular weight is 303 g/mol. The molecule has 0 spiro atoms. The van der Waals surface area contributed by atoms with Crippen molar-refractivity contribution >= 4 is 21.6 Å². The number of likely N-dealkylation sites (N-methyl/N-ethyl adjacent to an activating group) is 1. The van der Waals surface area contributed by atoms with Crippen molar-refractivity contribution in [1.82, 2.24) is 4.90 Å². The number of anilines is 1. The largest absolute Gasteiger partial charge is 0.381 e. The lowest BCUT2D eigenvalue weighted by Crippen LogP contribution is -2.43. The van der Waals surface area contributed by atoms with Gasteiger partial charge in [0.25, 0.3) is 0 Å². The summed E-state index contributed by atoms with van der Waals surface area (Å²) in [6.45, 7) is 3.32. The Balaban J connectivity index is 1.90. The third kappa shape index (κ3) is 3.66. The van der Waals surface area contributed by atoms with Crippen molar-refractivity contribution in [2.75, 3.05) is 38.6 Å². The zero-order valence-electron chi connectivity index (χ0n) is 9.75. The van der Waals surface area contributed by atoms with Crippen molar-refractivity contribution in [1.29, 1.82) is 0 Å². The van der Waals surface area contributed by atoms with Gasteiger partial charge in [0.15, 0.2) is 0 Å². The molecule has 1 atom stereocenters. The highest BCUT2D eigenvalue weighted by molar-refractivity contribution is 9.10. The summed E-state index contributed by atoms with van der Waals surface area (Å²) >= 11 is 3.39. The topological polar surface area (TPSA) is 24.5 Å². The molecule has 1 fully saturated rings. The minimum Gasteiger partial charge on any atom is -0.381 e. The zero-order valence-corrected chi connectivity index (χ0v) is 11.3. The van der Waals surface area contributed by atoms with Gasteiger partial charge in [0.05, 0.1) is 18.4 Å². The number of ether oxygens (including phenoxy) is 1. The van der Waals surface area contributed by atoms with Crippen molar-refractivity contribution in [2.24, 2.45) is 0 Å². The van der Waals surface area contributed by atoms with Gasteiger partial charge in [-0.05, 0) is 41.2 Å². The van der Waals surface area contributed by atoms with Crippen molar-refractivity contribution in [3.05, 3.63) is 28.5 Å². The first-order valence-electron chi connectivity index (χ1n) is 5.64. The normalized spacial score (nSPS) is 21.5. The highest BCUT2D eigenvalue weighted by Gasteiger charge is 2.17. The van der Waals surface area contributed by atoms with Gasteiger partial charge in [-0.2, -0.15) is 0 Å². The number of nitrogens with zero attached hydrogens (tertiary/aromatic N) is 1. The third-order valence-corrected chi connectivity index (χ3v) is 3.48. The molecule has 0 amide bonds. The first kappa shape index (κ1) is 12.8. The molecule has 2 rings (SSSR count). The summed E-state index contributed by atoms with van der Waals surface area (Å²) in [6.07, 6.45) is 0.156. The van der Waals surface area contributed by atoms with Gasteiger partial charge >= 0.3 is 0 Å². The molecule has 0 aromatic heterocycles. The Morgan fingerprint density at radius 1 is 1.59 bits per heavy atom. The Morgan fingerprint density at radius 3 is 3.18 bits per heavy atom. The summed E-state index contributed by atoms with van der Waals surface area (Å²) in [5.74, 6) is -0.239.